The molecule has 1 saturated heterocycles. The lowest BCUT2D eigenvalue weighted by molar-refractivity contribution is -0.132. The molecule has 2 amide bonds. The topological polar surface area (TPSA) is 89.4 Å². The number of nitrogens with zero attached hydrogens (tertiary/aromatic N) is 2. The molecule has 0 spiro atoms. The van der Waals surface area contributed by atoms with Crippen molar-refractivity contribution in [3.8, 4) is 0 Å². The fourth-order valence-electron chi connectivity index (χ4n) is 3.25. The number of likely N-dealkylation sites (tertiary alicyclic amines) is 1. The molecule has 6 nitrogen and oxygen atoms in total. The monoisotopic (exact) mass is 329 g/mol. The van der Waals surface area contributed by atoms with Gasteiger partial charge >= 0.3 is 0 Å². The normalized spacial score (nSPS) is 15.8. The number of amides is 2. The summed E-state index contributed by atoms with van der Waals surface area (Å²) < 4.78 is 5.67. The van der Waals surface area contributed by atoms with E-state index in [9.17, 15) is 9.59 Å². The van der Waals surface area contributed by atoms with Gasteiger partial charge in [0.05, 0.1) is 0 Å². The van der Waals surface area contributed by atoms with Gasteiger partial charge in [-0.3, -0.25) is 9.59 Å². The fraction of sp³-hybridized carbons (Fsp3) is 0.500. The maximum absolute atomic E-state index is 12.3. The van der Waals surface area contributed by atoms with E-state index in [0.717, 1.165) is 43.5 Å². The number of hydrogen-bond acceptors (Lipinski definition) is 4. The van der Waals surface area contributed by atoms with Crippen LogP contribution in [0.1, 0.15) is 38.0 Å². The molecular formula is C18H23N3O3. The zero-order valence-corrected chi connectivity index (χ0v) is 13.7. The Kier molecular flexibility index (Phi) is 5.13. The van der Waals surface area contributed by atoms with Crippen molar-refractivity contribution in [2.24, 2.45) is 11.7 Å². The number of carbonyl (C=O) groups is 2. The number of para-hydroxylation sites is 2. The summed E-state index contributed by atoms with van der Waals surface area (Å²) in [5.74, 6) is 0.928. The van der Waals surface area contributed by atoms with Crippen LogP contribution < -0.4 is 5.73 Å². The Labute approximate surface area is 141 Å². The molecule has 1 fully saturated rings. The van der Waals surface area contributed by atoms with Gasteiger partial charge in [-0.2, -0.15) is 0 Å². The van der Waals surface area contributed by atoms with Crippen LogP contribution in [0.25, 0.3) is 11.1 Å². The first-order valence-corrected chi connectivity index (χ1v) is 8.52. The van der Waals surface area contributed by atoms with Gasteiger partial charge in [0.25, 0.3) is 0 Å². The molecule has 128 valence electrons. The number of nitrogens with two attached hydrogens (primary N) is 1. The van der Waals surface area contributed by atoms with E-state index < -0.39 is 0 Å². The largest absolute Gasteiger partial charge is 0.441 e. The van der Waals surface area contributed by atoms with Crippen LogP contribution in [0.4, 0.5) is 0 Å². The molecule has 24 heavy (non-hydrogen) atoms. The van der Waals surface area contributed by atoms with Crippen LogP contribution in [0.5, 0.6) is 0 Å². The third-order valence-corrected chi connectivity index (χ3v) is 4.58. The Morgan fingerprint density at radius 2 is 2.00 bits per heavy atom. The van der Waals surface area contributed by atoms with Gasteiger partial charge in [-0.1, -0.05) is 12.1 Å². The molecule has 0 unspecified atom stereocenters. The lowest BCUT2D eigenvalue weighted by atomic mass is 9.93. The Hall–Kier alpha value is -2.37. The third-order valence-electron chi connectivity index (χ3n) is 4.58. The van der Waals surface area contributed by atoms with Gasteiger partial charge in [0.15, 0.2) is 11.5 Å². The Balaban J connectivity index is 1.42. The molecule has 3 rings (SSSR count). The minimum atomic E-state index is -0.252. The van der Waals surface area contributed by atoms with Gasteiger partial charge in [-0.15, -0.1) is 0 Å². The fourth-order valence-corrected chi connectivity index (χ4v) is 3.25. The highest BCUT2D eigenvalue weighted by atomic mass is 16.3. The van der Waals surface area contributed by atoms with Crippen molar-refractivity contribution in [3.63, 3.8) is 0 Å². The number of carbonyl (C=O) groups excluding carboxylic acids is 2. The summed E-state index contributed by atoms with van der Waals surface area (Å²) in [6.45, 7) is 1.44. The number of benzene rings is 1. The van der Waals surface area contributed by atoms with Crippen molar-refractivity contribution >= 4 is 22.9 Å². The standard InChI is InChI=1S/C18H23N3O3/c19-16(22)12-13-8-10-21(11-9-13)18(23)7-3-6-17-20-14-4-1-2-5-15(14)24-17/h1-2,4-5,13H,3,6-12H2,(H2,19,22). The highest BCUT2D eigenvalue weighted by Gasteiger charge is 2.23. The quantitative estimate of drug-likeness (QED) is 0.880. The first-order chi connectivity index (χ1) is 11.6. The van der Waals surface area contributed by atoms with E-state index in [1.54, 1.807) is 0 Å². The maximum atomic E-state index is 12.3. The Morgan fingerprint density at radius 3 is 2.71 bits per heavy atom. The molecule has 0 bridgehead atoms. The van der Waals surface area contributed by atoms with Crippen molar-refractivity contribution in [1.82, 2.24) is 9.88 Å². The van der Waals surface area contributed by atoms with Crippen molar-refractivity contribution in [3.05, 3.63) is 30.2 Å². The van der Waals surface area contributed by atoms with Gasteiger partial charge in [-0.05, 0) is 37.3 Å². The highest BCUT2D eigenvalue weighted by Crippen LogP contribution is 2.21. The van der Waals surface area contributed by atoms with Gasteiger partial charge in [0, 0.05) is 32.4 Å². The summed E-state index contributed by atoms with van der Waals surface area (Å²) in [4.78, 5) is 29.5. The number of primary amides is 1. The smallest absolute Gasteiger partial charge is 0.222 e. The second-order valence-electron chi connectivity index (χ2n) is 6.42. The summed E-state index contributed by atoms with van der Waals surface area (Å²) in [6, 6.07) is 7.67. The summed E-state index contributed by atoms with van der Waals surface area (Å²) in [5, 5.41) is 0. The van der Waals surface area contributed by atoms with E-state index in [-0.39, 0.29) is 11.8 Å². The summed E-state index contributed by atoms with van der Waals surface area (Å²) in [6.07, 6.45) is 4.05. The molecule has 0 radical (unpaired) electrons. The molecule has 6 heteroatoms. The van der Waals surface area contributed by atoms with Crippen LogP contribution in [-0.4, -0.2) is 34.8 Å². The lowest BCUT2D eigenvalue weighted by Gasteiger charge is -2.31. The first-order valence-electron chi connectivity index (χ1n) is 8.52. The first kappa shape index (κ1) is 16.5. The van der Waals surface area contributed by atoms with Gasteiger partial charge in [0.2, 0.25) is 11.8 Å². The van der Waals surface area contributed by atoms with Crippen LogP contribution in [0.3, 0.4) is 0 Å². The molecule has 2 aromatic rings. The molecule has 2 N–H and O–H groups in total. The number of aryl methyl sites for hydroxylation is 1. The van der Waals surface area contributed by atoms with E-state index in [1.165, 1.54) is 0 Å². The van der Waals surface area contributed by atoms with Crippen LogP contribution in [0.2, 0.25) is 0 Å². The lowest BCUT2D eigenvalue weighted by Crippen LogP contribution is -2.39. The average molecular weight is 329 g/mol. The van der Waals surface area contributed by atoms with E-state index >= 15 is 0 Å². The van der Waals surface area contributed by atoms with Crippen LogP contribution in [0.15, 0.2) is 28.7 Å². The zero-order valence-electron chi connectivity index (χ0n) is 13.7. The summed E-state index contributed by atoms with van der Waals surface area (Å²) >= 11 is 0. The Morgan fingerprint density at radius 1 is 1.25 bits per heavy atom. The SMILES string of the molecule is NC(=O)CC1CCN(C(=O)CCCc2nc3ccccc3o2)CC1. The predicted octanol–water partition coefficient (Wildman–Crippen LogP) is 2.26. The molecule has 0 aliphatic carbocycles. The number of aromatic nitrogens is 1. The second-order valence-corrected chi connectivity index (χ2v) is 6.42. The Bertz CT molecular complexity index is 684. The molecule has 0 atom stereocenters. The molecule has 1 aromatic heterocycles. The number of piperidine rings is 1. The van der Waals surface area contributed by atoms with Crippen LogP contribution >= 0.6 is 0 Å². The van der Waals surface area contributed by atoms with E-state index in [4.69, 9.17) is 10.2 Å². The number of rotatable bonds is 6. The zero-order chi connectivity index (χ0) is 16.9. The number of hydrogen-bond donors (Lipinski definition) is 1. The van der Waals surface area contributed by atoms with Gasteiger partial charge < -0.3 is 15.1 Å². The average Bonchev–Trinajstić information content (AvgIpc) is 2.97. The second kappa shape index (κ2) is 7.47. The van der Waals surface area contributed by atoms with Crippen LogP contribution in [-0.2, 0) is 16.0 Å². The van der Waals surface area contributed by atoms with E-state index in [2.05, 4.69) is 4.98 Å². The molecule has 2 heterocycles. The molecular weight excluding hydrogens is 306 g/mol. The molecule has 1 aliphatic heterocycles. The van der Waals surface area contributed by atoms with Crippen molar-refractivity contribution in [1.29, 1.82) is 0 Å². The minimum Gasteiger partial charge on any atom is -0.441 e. The number of fused-ring (bicyclic) bond motifs is 1. The molecule has 1 aliphatic rings. The highest BCUT2D eigenvalue weighted by molar-refractivity contribution is 5.76. The maximum Gasteiger partial charge on any atom is 0.222 e. The third kappa shape index (κ3) is 4.13. The minimum absolute atomic E-state index is 0.170. The predicted molar refractivity (Wildman–Crippen MR) is 90.1 cm³/mol. The number of oxazole rings is 1. The van der Waals surface area contributed by atoms with E-state index in [0.29, 0.717) is 31.1 Å². The van der Waals surface area contributed by atoms with E-state index in [1.807, 2.05) is 29.2 Å². The summed E-state index contributed by atoms with van der Waals surface area (Å²) in [7, 11) is 0. The van der Waals surface area contributed by atoms with Crippen molar-refractivity contribution in [2.45, 2.75) is 38.5 Å². The van der Waals surface area contributed by atoms with Gasteiger partial charge in [0.1, 0.15) is 5.52 Å². The van der Waals surface area contributed by atoms with Crippen LogP contribution in [0, 0.1) is 5.92 Å². The van der Waals surface area contributed by atoms with Gasteiger partial charge in [-0.25, -0.2) is 4.98 Å². The molecule has 0 saturated carbocycles. The molecule has 1 aromatic carbocycles. The summed E-state index contributed by atoms with van der Waals surface area (Å²) in [5.41, 5.74) is 6.88. The van der Waals surface area contributed by atoms with Crippen molar-refractivity contribution in [2.75, 3.05) is 13.1 Å². The van der Waals surface area contributed by atoms with Crippen molar-refractivity contribution < 1.29 is 14.0 Å².